The van der Waals surface area contributed by atoms with Crippen LogP contribution in [0.5, 0.6) is 0 Å². The van der Waals surface area contributed by atoms with E-state index in [2.05, 4.69) is 26.2 Å². The van der Waals surface area contributed by atoms with Crippen LogP contribution in [0.3, 0.4) is 0 Å². The Labute approximate surface area is 153 Å². The lowest BCUT2D eigenvalue weighted by Gasteiger charge is -2.24. The van der Waals surface area contributed by atoms with Crippen molar-refractivity contribution in [3.05, 3.63) is 16.7 Å². The van der Waals surface area contributed by atoms with E-state index in [9.17, 15) is 24.2 Å². The van der Waals surface area contributed by atoms with Crippen LogP contribution in [0.4, 0.5) is 10.3 Å². The summed E-state index contributed by atoms with van der Waals surface area (Å²) in [6, 6.07) is -1.48. The number of hydrogen-bond donors (Lipinski definition) is 5. The molecule has 0 bridgehead atoms. The number of imidazole rings is 1. The SMILES string of the molecule is C#CC([C@H](F)[C@H](O)[C@H](O)CO)n1cnc2c(=O)[nH]c(NC(=O)C(C)C)nc21. The molecule has 27 heavy (non-hydrogen) atoms. The molecule has 0 saturated carbocycles. The number of alkyl halides is 1. The van der Waals surface area contributed by atoms with Crippen molar-refractivity contribution in [1.29, 1.82) is 0 Å². The second-order valence-corrected chi connectivity index (χ2v) is 6.18. The number of aromatic amines is 1. The van der Waals surface area contributed by atoms with E-state index in [1.54, 1.807) is 13.8 Å². The maximum absolute atomic E-state index is 14.6. The molecule has 11 heteroatoms. The summed E-state index contributed by atoms with van der Waals surface area (Å²) < 4.78 is 15.6. The van der Waals surface area contributed by atoms with Crippen LogP contribution < -0.4 is 10.9 Å². The van der Waals surface area contributed by atoms with E-state index >= 15 is 0 Å². The van der Waals surface area contributed by atoms with Crippen molar-refractivity contribution in [1.82, 2.24) is 19.5 Å². The molecule has 2 aromatic heterocycles. The number of nitrogens with zero attached hydrogens (tertiary/aromatic N) is 3. The summed E-state index contributed by atoms with van der Waals surface area (Å²) in [6.07, 6.45) is 0.506. The van der Waals surface area contributed by atoms with Gasteiger partial charge in [0, 0.05) is 5.92 Å². The number of hydrogen-bond acceptors (Lipinski definition) is 7. The highest BCUT2D eigenvalue weighted by Crippen LogP contribution is 2.23. The molecule has 2 aromatic rings. The Kier molecular flexibility index (Phi) is 6.27. The highest BCUT2D eigenvalue weighted by atomic mass is 19.1. The normalized spacial score (nSPS) is 15.9. The molecule has 0 aliphatic rings. The van der Waals surface area contributed by atoms with Crippen LogP contribution >= 0.6 is 0 Å². The Balaban J connectivity index is 2.48. The number of amides is 1. The van der Waals surface area contributed by atoms with Gasteiger partial charge in [0.15, 0.2) is 17.3 Å². The third-order valence-electron chi connectivity index (χ3n) is 3.88. The molecule has 1 unspecified atom stereocenters. The standard InChI is InChI=1S/C16H20FN5O5/c1-4-8(10(17)12(25)9(24)5-23)22-6-18-11-13(22)19-16(21-15(11)27)20-14(26)7(2)3/h1,6-10,12,23-25H,5H2,2-3H3,(H2,19,20,21,26,27)/t8?,9-,10+,12-/m1/s1. The highest BCUT2D eigenvalue weighted by molar-refractivity contribution is 5.91. The van der Waals surface area contributed by atoms with Gasteiger partial charge in [0.2, 0.25) is 11.9 Å². The predicted octanol–water partition coefficient (Wildman–Crippen LogP) is -1.06. The Morgan fingerprint density at radius 1 is 1.48 bits per heavy atom. The number of terminal acetylenes is 1. The molecule has 0 aliphatic heterocycles. The summed E-state index contributed by atoms with van der Waals surface area (Å²) in [5, 5.41) is 30.5. The van der Waals surface area contributed by atoms with Crippen molar-refractivity contribution < 1.29 is 24.5 Å². The first kappa shape index (κ1) is 20.5. The van der Waals surface area contributed by atoms with Crippen molar-refractivity contribution >= 4 is 23.0 Å². The number of H-pyrrole nitrogens is 1. The third-order valence-corrected chi connectivity index (χ3v) is 3.88. The lowest BCUT2D eigenvalue weighted by atomic mass is 10.0. The van der Waals surface area contributed by atoms with Gasteiger partial charge in [-0.2, -0.15) is 4.98 Å². The van der Waals surface area contributed by atoms with Gasteiger partial charge < -0.3 is 15.3 Å². The quantitative estimate of drug-likeness (QED) is 0.383. The Hall–Kier alpha value is -2.81. The van der Waals surface area contributed by atoms with Crippen LogP contribution in [0, 0.1) is 18.3 Å². The first-order valence-electron chi connectivity index (χ1n) is 8.06. The Morgan fingerprint density at radius 2 is 2.15 bits per heavy atom. The lowest BCUT2D eigenvalue weighted by molar-refractivity contribution is -0.118. The average Bonchev–Trinajstić information content (AvgIpc) is 3.05. The molecule has 1 amide bonds. The minimum Gasteiger partial charge on any atom is -0.394 e. The number of anilines is 1. The van der Waals surface area contributed by atoms with E-state index in [0.29, 0.717) is 0 Å². The van der Waals surface area contributed by atoms with Gasteiger partial charge in [0.1, 0.15) is 18.2 Å². The molecule has 0 saturated heterocycles. The smallest absolute Gasteiger partial charge is 0.280 e. The van der Waals surface area contributed by atoms with Gasteiger partial charge in [-0.15, -0.1) is 6.42 Å². The lowest BCUT2D eigenvalue weighted by Crippen LogP contribution is -2.41. The van der Waals surface area contributed by atoms with E-state index in [-0.39, 0.29) is 23.0 Å². The van der Waals surface area contributed by atoms with Crippen LogP contribution in [-0.4, -0.2) is 65.7 Å². The maximum atomic E-state index is 14.6. The Bertz CT molecular complexity index is 918. The van der Waals surface area contributed by atoms with Crippen LogP contribution in [0.15, 0.2) is 11.1 Å². The van der Waals surface area contributed by atoms with E-state index in [1.807, 2.05) is 0 Å². The van der Waals surface area contributed by atoms with Crippen molar-refractivity contribution in [3.63, 3.8) is 0 Å². The third kappa shape index (κ3) is 4.13. The van der Waals surface area contributed by atoms with E-state index in [4.69, 9.17) is 11.5 Å². The fourth-order valence-electron chi connectivity index (χ4n) is 2.28. The second-order valence-electron chi connectivity index (χ2n) is 6.18. The predicted molar refractivity (Wildman–Crippen MR) is 93.5 cm³/mol. The number of carbonyl (C=O) groups excluding carboxylic acids is 1. The molecule has 0 aliphatic carbocycles. The second kappa shape index (κ2) is 8.26. The van der Waals surface area contributed by atoms with Crippen molar-refractivity contribution in [2.45, 2.75) is 38.3 Å². The summed E-state index contributed by atoms with van der Waals surface area (Å²) in [4.78, 5) is 34.2. The van der Waals surface area contributed by atoms with Gasteiger partial charge >= 0.3 is 0 Å². The number of halogens is 1. The van der Waals surface area contributed by atoms with E-state index in [0.717, 1.165) is 10.9 Å². The van der Waals surface area contributed by atoms with E-state index < -0.39 is 42.5 Å². The number of aliphatic hydroxyl groups is 3. The first-order valence-corrected chi connectivity index (χ1v) is 8.06. The number of nitrogens with one attached hydrogen (secondary N) is 2. The minimum absolute atomic E-state index is 0.117. The van der Waals surface area contributed by atoms with Gasteiger partial charge in [-0.25, -0.2) is 9.37 Å². The molecule has 0 fully saturated rings. The number of aromatic nitrogens is 4. The zero-order valence-corrected chi connectivity index (χ0v) is 14.6. The zero-order chi connectivity index (χ0) is 20.3. The van der Waals surface area contributed by atoms with Gasteiger partial charge in [-0.1, -0.05) is 19.8 Å². The van der Waals surface area contributed by atoms with Crippen LogP contribution in [0.2, 0.25) is 0 Å². The molecular weight excluding hydrogens is 361 g/mol. The maximum Gasteiger partial charge on any atom is 0.280 e. The average molecular weight is 381 g/mol. The molecule has 0 spiro atoms. The Morgan fingerprint density at radius 3 is 2.70 bits per heavy atom. The van der Waals surface area contributed by atoms with E-state index in [1.165, 1.54) is 0 Å². The molecular formula is C16H20FN5O5. The van der Waals surface area contributed by atoms with Crippen molar-refractivity contribution in [2.75, 3.05) is 11.9 Å². The molecule has 0 aromatic carbocycles. The van der Waals surface area contributed by atoms with Gasteiger partial charge in [0.25, 0.3) is 5.56 Å². The van der Waals surface area contributed by atoms with Gasteiger partial charge in [-0.05, 0) is 0 Å². The number of rotatable bonds is 7. The molecule has 4 atom stereocenters. The van der Waals surface area contributed by atoms with Crippen LogP contribution in [0.25, 0.3) is 11.2 Å². The summed E-state index contributed by atoms with van der Waals surface area (Å²) in [5.41, 5.74) is -0.948. The molecule has 2 rings (SSSR count). The van der Waals surface area contributed by atoms with Crippen molar-refractivity contribution in [3.8, 4) is 12.3 Å². The largest absolute Gasteiger partial charge is 0.394 e. The first-order chi connectivity index (χ1) is 12.7. The van der Waals surface area contributed by atoms with Crippen molar-refractivity contribution in [2.24, 2.45) is 5.92 Å². The summed E-state index contributed by atoms with van der Waals surface area (Å²) in [7, 11) is 0. The number of aliphatic hydroxyl groups excluding tert-OH is 3. The highest BCUT2D eigenvalue weighted by Gasteiger charge is 2.34. The minimum atomic E-state index is -2.19. The number of carbonyl (C=O) groups is 1. The molecule has 0 radical (unpaired) electrons. The molecule has 2 heterocycles. The summed E-state index contributed by atoms with van der Waals surface area (Å²) in [6.45, 7) is 2.42. The van der Waals surface area contributed by atoms with Gasteiger partial charge in [-0.3, -0.25) is 24.5 Å². The fraction of sp³-hybridized carbons (Fsp3) is 0.500. The summed E-state index contributed by atoms with van der Waals surface area (Å²) >= 11 is 0. The molecule has 5 N–H and O–H groups in total. The van der Waals surface area contributed by atoms with Gasteiger partial charge in [0.05, 0.1) is 12.9 Å². The fourth-order valence-corrected chi connectivity index (χ4v) is 2.28. The summed E-state index contributed by atoms with van der Waals surface area (Å²) in [5.74, 6) is 1.16. The zero-order valence-electron chi connectivity index (χ0n) is 14.6. The molecule has 146 valence electrons. The number of fused-ring (bicyclic) bond motifs is 1. The molecule has 10 nitrogen and oxygen atoms in total. The topological polar surface area (TPSA) is 153 Å². The van der Waals surface area contributed by atoms with Crippen LogP contribution in [-0.2, 0) is 4.79 Å². The monoisotopic (exact) mass is 381 g/mol. The van der Waals surface area contributed by atoms with Crippen LogP contribution in [0.1, 0.15) is 19.9 Å².